The van der Waals surface area contributed by atoms with Gasteiger partial charge in [-0.25, -0.2) is 0 Å². The van der Waals surface area contributed by atoms with Crippen molar-refractivity contribution >= 4 is 23.0 Å². The number of carbonyl (C=O) groups is 1. The summed E-state index contributed by atoms with van der Waals surface area (Å²) in [6, 6.07) is 20.5. The predicted molar refractivity (Wildman–Crippen MR) is 189 cm³/mol. The number of nitrogens with zero attached hydrogens (tertiary/aromatic N) is 3. The van der Waals surface area contributed by atoms with Crippen LogP contribution in [0.5, 0.6) is 11.5 Å². The van der Waals surface area contributed by atoms with Crippen LogP contribution in [-0.2, 0) is 4.79 Å². The minimum absolute atomic E-state index is 0.00753. The van der Waals surface area contributed by atoms with Crippen molar-refractivity contribution in [1.29, 1.82) is 0 Å². The van der Waals surface area contributed by atoms with Crippen LogP contribution in [0.1, 0.15) is 122 Å². The maximum absolute atomic E-state index is 12.4. The normalized spacial score (nSPS) is 11.3. The van der Waals surface area contributed by atoms with Crippen LogP contribution in [0.4, 0.5) is 17.1 Å². The van der Waals surface area contributed by atoms with E-state index in [2.05, 4.69) is 17.2 Å². The summed E-state index contributed by atoms with van der Waals surface area (Å²) < 4.78 is 11.3. The lowest BCUT2D eigenvalue weighted by atomic mass is 9.98. The van der Waals surface area contributed by atoms with Gasteiger partial charge in [-0.1, -0.05) is 116 Å². The second kappa shape index (κ2) is 22.5. The van der Waals surface area contributed by atoms with Gasteiger partial charge in [-0.05, 0) is 60.5 Å². The first-order valence-electron chi connectivity index (χ1n) is 17.5. The van der Waals surface area contributed by atoms with Crippen LogP contribution in [0.25, 0.3) is 0 Å². The van der Waals surface area contributed by atoms with Crippen LogP contribution in [0.15, 0.2) is 83.0 Å². The maximum Gasteiger partial charge on any atom is 0.312 e. The number of benzene rings is 3. The lowest BCUT2D eigenvalue weighted by Crippen LogP contribution is -2.12. The summed E-state index contributed by atoms with van der Waals surface area (Å²) in [6.45, 7) is 4.80. The van der Waals surface area contributed by atoms with E-state index in [0.29, 0.717) is 11.4 Å². The van der Waals surface area contributed by atoms with Crippen molar-refractivity contribution in [3.63, 3.8) is 0 Å². The van der Waals surface area contributed by atoms with E-state index in [1.54, 1.807) is 43.3 Å². The summed E-state index contributed by atoms with van der Waals surface area (Å²) in [4.78, 5) is 22.8. The first kappa shape index (κ1) is 37.4. The summed E-state index contributed by atoms with van der Waals surface area (Å²) in [5, 5.41) is 19.4. The van der Waals surface area contributed by atoms with Crippen molar-refractivity contribution in [2.24, 2.45) is 10.2 Å². The third-order valence-corrected chi connectivity index (χ3v) is 8.18. The Morgan fingerprint density at radius 3 is 1.55 bits per heavy atom. The molecule has 3 aromatic carbocycles. The molecule has 3 aromatic rings. The third kappa shape index (κ3) is 15.9. The van der Waals surface area contributed by atoms with Gasteiger partial charge < -0.3 is 9.47 Å². The molecule has 47 heavy (non-hydrogen) atoms. The summed E-state index contributed by atoms with van der Waals surface area (Å²) in [5.41, 5.74) is 2.11. The highest BCUT2D eigenvalue weighted by Gasteiger charge is 2.15. The monoisotopic (exact) mass is 642 g/mol. The molecule has 1 radical (unpaired) electrons. The molecule has 0 bridgehead atoms. The standard InChI is InChI=1S/C39H52N3O5/c1-3-4-5-6-7-8-9-10-11-12-13-14-15-16-17-30-46-37-26-20-34(21-27-37)40-41-35-22-28-38(29-23-35)47-39(43)31-32(2)33-18-24-36(25-19-33)42(44)45/h18-29H,3-17,30-31H2,1-2H3. The zero-order chi connectivity index (χ0) is 33.5. The van der Waals surface area contributed by atoms with E-state index < -0.39 is 10.9 Å². The molecular weight excluding hydrogens is 590 g/mol. The fourth-order valence-corrected chi connectivity index (χ4v) is 5.32. The predicted octanol–water partition coefficient (Wildman–Crippen LogP) is 12.2. The molecule has 8 heteroatoms. The molecule has 253 valence electrons. The van der Waals surface area contributed by atoms with Gasteiger partial charge in [0.05, 0.1) is 29.3 Å². The van der Waals surface area contributed by atoms with Crippen LogP contribution in [-0.4, -0.2) is 17.5 Å². The number of nitro groups is 1. The Balaban J connectivity index is 1.24. The topological polar surface area (TPSA) is 103 Å². The molecule has 0 unspecified atom stereocenters. The Bertz CT molecular complexity index is 1320. The Labute approximate surface area is 281 Å². The first-order chi connectivity index (χ1) is 22.9. The highest BCUT2D eigenvalue weighted by atomic mass is 16.6. The molecule has 0 aliphatic carbocycles. The summed E-state index contributed by atoms with van der Waals surface area (Å²) in [6.07, 6.45) is 20.3. The second-order valence-corrected chi connectivity index (χ2v) is 12.2. The van der Waals surface area contributed by atoms with Gasteiger partial charge in [-0.15, -0.1) is 0 Å². The number of nitro benzene ring substituents is 1. The van der Waals surface area contributed by atoms with Gasteiger partial charge in [0.1, 0.15) is 11.5 Å². The van der Waals surface area contributed by atoms with Gasteiger partial charge in [0.25, 0.3) is 5.69 Å². The number of unbranched alkanes of at least 4 members (excludes halogenated alkanes) is 14. The Kier molecular flexibility index (Phi) is 17.9. The van der Waals surface area contributed by atoms with Crippen molar-refractivity contribution in [2.75, 3.05) is 6.61 Å². The SMILES string of the molecule is CCCCCCCCCCCCCCCCCOc1ccc(N=Nc2ccc(OC(=O)C[C](C)c3ccc([N+](=O)[O-])cc3)cc2)cc1. The molecule has 0 saturated heterocycles. The van der Waals surface area contributed by atoms with E-state index in [9.17, 15) is 14.9 Å². The minimum Gasteiger partial charge on any atom is -0.494 e. The third-order valence-electron chi connectivity index (χ3n) is 8.18. The Morgan fingerprint density at radius 2 is 1.09 bits per heavy atom. The number of rotatable bonds is 24. The zero-order valence-electron chi connectivity index (χ0n) is 28.3. The lowest BCUT2D eigenvalue weighted by Gasteiger charge is -2.10. The molecule has 8 nitrogen and oxygen atoms in total. The first-order valence-corrected chi connectivity index (χ1v) is 17.5. The van der Waals surface area contributed by atoms with Crippen LogP contribution < -0.4 is 9.47 Å². The van der Waals surface area contributed by atoms with Crippen molar-refractivity contribution in [3.05, 3.63) is 94.4 Å². The molecule has 3 rings (SSSR count). The van der Waals surface area contributed by atoms with E-state index in [4.69, 9.17) is 9.47 Å². The summed E-state index contributed by atoms with van der Waals surface area (Å²) in [7, 11) is 0. The molecule has 0 spiro atoms. The van der Waals surface area contributed by atoms with E-state index in [1.165, 1.54) is 102 Å². The summed E-state index contributed by atoms with van der Waals surface area (Å²) in [5.74, 6) is 1.58. The lowest BCUT2D eigenvalue weighted by molar-refractivity contribution is -0.384. The van der Waals surface area contributed by atoms with Gasteiger partial charge in [-0.3, -0.25) is 14.9 Å². The van der Waals surface area contributed by atoms with Crippen molar-refractivity contribution in [2.45, 2.75) is 117 Å². The average molecular weight is 643 g/mol. The van der Waals surface area contributed by atoms with E-state index in [-0.39, 0.29) is 12.1 Å². The number of carbonyl (C=O) groups excluding carboxylic acids is 1. The molecule has 0 fully saturated rings. The molecule has 0 aromatic heterocycles. The molecule has 0 saturated carbocycles. The van der Waals surface area contributed by atoms with Crippen molar-refractivity contribution in [3.8, 4) is 11.5 Å². The maximum atomic E-state index is 12.4. The quantitative estimate of drug-likeness (QED) is 0.0241. The van der Waals surface area contributed by atoms with E-state index in [1.807, 2.05) is 24.3 Å². The van der Waals surface area contributed by atoms with Crippen LogP contribution in [0.2, 0.25) is 0 Å². The number of ether oxygens (including phenoxy) is 2. The number of esters is 1. The van der Waals surface area contributed by atoms with Crippen LogP contribution in [0.3, 0.4) is 0 Å². The number of hydrogen-bond donors (Lipinski definition) is 0. The molecule has 0 aliphatic rings. The van der Waals surface area contributed by atoms with Gasteiger partial charge in [-0.2, -0.15) is 10.2 Å². The average Bonchev–Trinajstić information content (AvgIpc) is 3.08. The van der Waals surface area contributed by atoms with E-state index >= 15 is 0 Å². The van der Waals surface area contributed by atoms with Crippen molar-refractivity contribution < 1.29 is 19.2 Å². The molecule has 0 amide bonds. The fraction of sp³-hybridized carbons (Fsp3) is 0.487. The number of hydrogen-bond acceptors (Lipinski definition) is 7. The number of azo groups is 1. The van der Waals surface area contributed by atoms with Gasteiger partial charge in [0, 0.05) is 18.1 Å². The largest absolute Gasteiger partial charge is 0.494 e. The van der Waals surface area contributed by atoms with Gasteiger partial charge in [0.2, 0.25) is 0 Å². The highest BCUT2D eigenvalue weighted by molar-refractivity contribution is 5.75. The van der Waals surface area contributed by atoms with Gasteiger partial charge >= 0.3 is 5.97 Å². The number of non-ortho nitro benzene ring substituents is 1. The second-order valence-electron chi connectivity index (χ2n) is 12.2. The Morgan fingerprint density at radius 1 is 0.638 bits per heavy atom. The molecule has 0 atom stereocenters. The zero-order valence-corrected chi connectivity index (χ0v) is 28.3. The molecule has 0 heterocycles. The van der Waals surface area contributed by atoms with Crippen LogP contribution in [0, 0.1) is 16.0 Å². The Hall–Kier alpha value is -4.07. The summed E-state index contributed by atoms with van der Waals surface area (Å²) >= 11 is 0. The smallest absolute Gasteiger partial charge is 0.312 e. The van der Waals surface area contributed by atoms with Crippen molar-refractivity contribution in [1.82, 2.24) is 0 Å². The van der Waals surface area contributed by atoms with Gasteiger partial charge in [0.15, 0.2) is 0 Å². The molecule has 0 aliphatic heterocycles. The molecular formula is C39H52N3O5. The van der Waals surface area contributed by atoms with E-state index in [0.717, 1.165) is 35.9 Å². The van der Waals surface area contributed by atoms with Crippen LogP contribution >= 0.6 is 0 Å². The fourth-order valence-electron chi connectivity index (χ4n) is 5.32. The highest BCUT2D eigenvalue weighted by Crippen LogP contribution is 2.25. The molecule has 0 N–H and O–H groups in total. The minimum atomic E-state index is -0.454.